The van der Waals surface area contributed by atoms with Crippen LogP contribution in [0, 0.1) is 10.8 Å². The monoisotopic (exact) mass is 674 g/mol. The fourth-order valence-electron chi connectivity index (χ4n) is 5.04. The van der Waals surface area contributed by atoms with Gasteiger partial charge in [-0.25, -0.2) is 0 Å². The number of halogens is 2. The quantitative estimate of drug-likeness (QED) is 0.425. The average Bonchev–Trinajstić information content (AvgIpc) is 3.43. The summed E-state index contributed by atoms with van der Waals surface area (Å²) in [5.41, 5.74) is 2.81. The van der Waals surface area contributed by atoms with E-state index in [0.717, 1.165) is 0 Å². The van der Waals surface area contributed by atoms with E-state index in [0.29, 0.717) is 0 Å². The molecule has 0 saturated carbocycles. The van der Waals surface area contributed by atoms with Gasteiger partial charge in [-0.05, 0) is 0 Å². The van der Waals surface area contributed by atoms with Crippen molar-refractivity contribution in [2.75, 3.05) is 0 Å². The predicted octanol–water partition coefficient (Wildman–Crippen LogP) is 0.939. The van der Waals surface area contributed by atoms with Crippen LogP contribution in [0.3, 0.4) is 0 Å². The second-order valence-electron chi connectivity index (χ2n) is 11.0. The van der Waals surface area contributed by atoms with Gasteiger partial charge in [0.05, 0.1) is 0 Å². The molecule has 0 aliphatic heterocycles. The molecule has 0 radical (unpaired) electrons. The Morgan fingerprint density at radius 2 is 0.941 bits per heavy atom. The van der Waals surface area contributed by atoms with Crippen LogP contribution in [0.5, 0.6) is 0 Å². The fraction of sp³-hybridized carbons (Fsp3) is 0.333. The van der Waals surface area contributed by atoms with Crippen molar-refractivity contribution in [1.82, 2.24) is 0 Å². The van der Waals surface area contributed by atoms with Gasteiger partial charge in [-0.2, -0.15) is 0 Å². The summed E-state index contributed by atoms with van der Waals surface area (Å²) in [6.45, 7) is 14.4. The van der Waals surface area contributed by atoms with E-state index in [9.17, 15) is 0 Å². The number of hydrogen-bond donors (Lipinski definition) is 0. The van der Waals surface area contributed by atoms with Crippen molar-refractivity contribution in [3.63, 3.8) is 0 Å². The largest absolute Gasteiger partial charge is 1.00 e. The third-order valence-electron chi connectivity index (χ3n) is 6.46. The van der Waals surface area contributed by atoms with E-state index in [1.807, 2.05) is 6.66 Å². The number of rotatable bonds is 4. The summed E-state index contributed by atoms with van der Waals surface area (Å²) >= 11 is -2.52. The Bertz CT molecular complexity index is 1060. The van der Waals surface area contributed by atoms with Crippen molar-refractivity contribution >= 4 is 15.9 Å². The minimum atomic E-state index is -2.52. The first-order chi connectivity index (χ1) is 15.2. The van der Waals surface area contributed by atoms with Crippen molar-refractivity contribution in [2.24, 2.45) is 10.8 Å². The van der Waals surface area contributed by atoms with Crippen molar-refractivity contribution in [2.45, 2.75) is 54.4 Å². The summed E-state index contributed by atoms with van der Waals surface area (Å²) in [6.07, 6.45) is 12.2. The molecule has 0 atom stereocenters. The van der Waals surface area contributed by atoms with Gasteiger partial charge in [0, 0.05) is 0 Å². The van der Waals surface area contributed by atoms with E-state index in [2.05, 4.69) is 127 Å². The van der Waals surface area contributed by atoms with E-state index in [1.165, 1.54) is 12.8 Å². The van der Waals surface area contributed by atoms with Gasteiger partial charge in [0.2, 0.25) is 0 Å². The zero-order valence-corrected chi connectivity index (χ0v) is 27.4. The summed E-state index contributed by atoms with van der Waals surface area (Å²) in [6, 6.07) is 23.1. The molecule has 0 bridgehead atoms. The Hall–Kier alpha value is -0.933. The van der Waals surface area contributed by atoms with Crippen molar-refractivity contribution < 1.29 is 44.9 Å². The van der Waals surface area contributed by atoms with Crippen molar-refractivity contribution in [3.05, 3.63) is 103 Å². The van der Waals surface area contributed by atoms with E-state index >= 15 is 0 Å². The molecule has 2 aliphatic carbocycles. The molecule has 0 aromatic heterocycles. The van der Waals surface area contributed by atoms with Crippen LogP contribution in [-0.2, 0) is 20.1 Å². The van der Waals surface area contributed by atoms with Gasteiger partial charge in [0.25, 0.3) is 0 Å². The van der Waals surface area contributed by atoms with Crippen LogP contribution in [0.1, 0.15) is 54.4 Å². The molecule has 0 N–H and O–H groups in total. The Morgan fingerprint density at radius 3 is 1.26 bits per heavy atom. The van der Waals surface area contributed by atoms with Crippen molar-refractivity contribution in [3.8, 4) is 0 Å². The summed E-state index contributed by atoms with van der Waals surface area (Å²) in [5, 5.41) is 3.21. The van der Waals surface area contributed by atoms with Crippen LogP contribution in [0.4, 0.5) is 0 Å². The molecule has 0 spiro atoms. The molecule has 34 heavy (non-hydrogen) atoms. The third-order valence-corrected chi connectivity index (χ3v) is 33.1. The Balaban J connectivity index is 0.00000204. The normalized spacial score (nSPS) is 15.1. The Morgan fingerprint density at radius 1 is 0.588 bits per heavy atom. The van der Waals surface area contributed by atoms with E-state index < -0.39 is 25.6 Å². The summed E-state index contributed by atoms with van der Waals surface area (Å²) in [4.78, 5) is 0. The number of hydrogen-bond acceptors (Lipinski definition) is 0. The van der Waals surface area contributed by atoms with Crippen LogP contribution >= 0.6 is 0 Å². The molecule has 178 valence electrons. The molecule has 0 saturated heterocycles. The maximum Gasteiger partial charge on any atom is -1.00 e. The average molecular weight is 674 g/mol. The van der Waals surface area contributed by atoms with Gasteiger partial charge in [0.15, 0.2) is 0 Å². The first-order valence-electron chi connectivity index (χ1n) is 11.8. The van der Waals surface area contributed by atoms with Gasteiger partial charge in [-0.3, -0.25) is 0 Å². The number of allylic oxidation sites excluding steroid dienone is 8. The predicted molar refractivity (Wildman–Crippen MR) is 138 cm³/mol. The molecular weight excluding hydrogens is 638 g/mol. The smallest absolute Gasteiger partial charge is 1.00 e. The first-order valence-corrected chi connectivity index (χ1v) is 22.3. The summed E-state index contributed by atoms with van der Waals surface area (Å²) < 4.78 is 3.73. The SMILES string of the molecule is CC(C)(C)C1=[C]([Hf+2]([C]2=C(C(C)(C)C)C=CC2)=[Si](c2ccccc2)c2ccccc2)CC=C1.[Cl-].[Cl-]. The van der Waals surface area contributed by atoms with Gasteiger partial charge < -0.3 is 24.8 Å². The standard InChI is InChI=1S/C12H10Si.2C9H13.2ClH.Hf/c1-3-7-11(8-4-1)13-12-9-5-2-6-10-12;2*1-9(2,3)8-6-4-5-7-8;;;/h1-10H;2*4,6H,5H2,1-3H3;2*1H;/q;;;;;+2/p-2. The van der Waals surface area contributed by atoms with E-state index in [-0.39, 0.29) is 35.6 Å². The topological polar surface area (TPSA) is 0 Å². The van der Waals surface area contributed by atoms with E-state index in [4.69, 9.17) is 0 Å². The molecular formula is C30H36Cl2HfSi. The maximum atomic E-state index is 2.47. The zero-order valence-electron chi connectivity index (χ0n) is 21.3. The van der Waals surface area contributed by atoms with Gasteiger partial charge in [0.1, 0.15) is 0 Å². The van der Waals surface area contributed by atoms with Gasteiger partial charge in [-0.15, -0.1) is 0 Å². The van der Waals surface area contributed by atoms with Gasteiger partial charge >= 0.3 is 204 Å². The molecule has 0 fully saturated rings. The molecule has 0 nitrogen and oxygen atoms in total. The maximum absolute atomic E-state index is 2.52. The molecule has 0 unspecified atom stereocenters. The van der Waals surface area contributed by atoms with Crippen LogP contribution in [-0.4, -0.2) is 5.49 Å². The van der Waals surface area contributed by atoms with Crippen LogP contribution in [0.15, 0.2) is 103 Å². The second kappa shape index (κ2) is 11.9. The number of benzene rings is 2. The Kier molecular flexibility index (Phi) is 10.2. The second-order valence-corrected chi connectivity index (χ2v) is 29.4. The minimum Gasteiger partial charge on any atom is -1.00 e. The Labute approximate surface area is 227 Å². The molecule has 2 aromatic rings. The summed E-state index contributed by atoms with van der Waals surface area (Å²) in [5.74, 6) is 0. The third kappa shape index (κ3) is 6.24. The molecule has 4 heteroatoms. The van der Waals surface area contributed by atoms with Crippen LogP contribution in [0.25, 0.3) is 0 Å². The molecule has 2 aromatic carbocycles. The molecule has 2 aliphatic rings. The molecule has 4 rings (SSSR count). The summed E-state index contributed by atoms with van der Waals surface area (Å²) in [7, 11) is 0. The van der Waals surface area contributed by atoms with Crippen molar-refractivity contribution in [1.29, 1.82) is 0 Å². The van der Waals surface area contributed by atoms with Crippen LogP contribution < -0.4 is 35.2 Å². The van der Waals surface area contributed by atoms with Crippen LogP contribution in [0.2, 0.25) is 0 Å². The zero-order chi connectivity index (χ0) is 22.9. The molecule has 0 amide bonds. The fourth-order valence-corrected chi connectivity index (χ4v) is 36.7. The first kappa shape index (κ1) is 29.3. The molecule has 0 heterocycles. The minimum absolute atomic E-state index is 0. The van der Waals surface area contributed by atoms with E-state index in [1.54, 1.807) is 21.5 Å². The van der Waals surface area contributed by atoms with Gasteiger partial charge in [-0.1, -0.05) is 0 Å².